The van der Waals surface area contributed by atoms with Crippen molar-refractivity contribution in [2.75, 3.05) is 0 Å². The molecule has 0 radical (unpaired) electrons. The molecule has 0 aliphatic heterocycles. The molecule has 1 nitrogen and oxygen atoms in total. The molecule has 106 valence electrons. The average Bonchev–Trinajstić information content (AvgIpc) is 2.56. The second kappa shape index (κ2) is 6.08. The summed E-state index contributed by atoms with van der Waals surface area (Å²) in [6, 6.07) is 20.8. The van der Waals surface area contributed by atoms with Crippen LogP contribution < -0.4 is 10.6 Å². The zero-order valence-corrected chi connectivity index (χ0v) is 12.8. The van der Waals surface area contributed by atoms with Crippen molar-refractivity contribution in [3.05, 3.63) is 60.7 Å². The fourth-order valence-electron chi connectivity index (χ4n) is 3.54. The Bertz CT molecular complexity index is 492. The standard InChI is InChI=1S/C18H23OP/c19-20(16-10-4-1-5-11-16,17-12-6-2-7-13-17)18-14-8-3-9-15-18/h1-2,4-7,10-13,18-20H,3,8-9,14-15H2. The van der Waals surface area contributed by atoms with E-state index in [1.54, 1.807) is 0 Å². The zero-order valence-electron chi connectivity index (χ0n) is 11.8. The van der Waals surface area contributed by atoms with E-state index in [1.807, 2.05) is 12.1 Å². The van der Waals surface area contributed by atoms with E-state index in [9.17, 15) is 4.89 Å². The first-order valence-corrected chi connectivity index (χ1v) is 9.67. The van der Waals surface area contributed by atoms with Crippen LogP contribution in [0.4, 0.5) is 0 Å². The number of rotatable bonds is 3. The summed E-state index contributed by atoms with van der Waals surface area (Å²) in [6.45, 7) is 0. The van der Waals surface area contributed by atoms with Crippen molar-refractivity contribution in [1.82, 2.24) is 0 Å². The van der Waals surface area contributed by atoms with Crippen LogP contribution in [-0.2, 0) is 0 Å². The van der Waals surface area contributed by atoms with E-state index in [2.05, 4.69) is 48.5 Å². The predicted molar refractivity (Wildman–Crippen MR) is 89.6 cm³/mol. The van der Waals surface area contributed by atoms with E-state index in [1.165, 1.54) is 32.1 Å². The Balaban J connectivity index is 2.07. The van der Waals surface area contributed by atoms with Gasteiger partial charge in [0.1, 0.15) is 0 Å². The van der Waals surface area contributed by atoms with Gasteiger partial charge in [0.25, 0.3) is 0 Å². The van der Waals surface area contributed by atoms with E-state index >= 15 is 0 Å². The Hall–Kier alpha value is -1.17. The van der Waals surface area contributed by atoms with Crippen LogP contribution in [0, 0.1) is 0 Å². The van der Waals surface area contributed by atoms with Crippen molar-refractivity contribution in [2.24, 2.45) is 0 Å². The van der Waals surface area contributed by atoms with Gasteiger partial charge >= 0.3 is 121 Å². The summed E-state index contributed by atoms with van der Waals surface area (Å²) in [5, 5.41) is 2.33. The van der Waals surface area contributed by atoms with Gasteiger partial charge in [0.15, 0.2) is 0 Å². The third-order valence-corrected chi connectivity index (χ3v) is 8.81. The Labute approximate surface area is 122 Å². The third-order valence-electron chi connectivity index (χ3n) is 4.62. The maximum absolute atomic E-state index is 11.7. The molecular weight excluding hydrogens is 263 g/mol. The second-order valence-electron chi connectivity index (χ2n) is 5.83. The first-order valence-electron chi connectivity index (χ1n) is 7.65. The van der Waals surface area contributed by atoms with E-state index in [0.717, 1.165) is 10.6 Å². The number of hydrogen-bond acceptors (Lipinski definition) is 1. The molecule has 0 amide bonds. The molecule has 0 heterocycles. The van der Waals surface area contributed by atoms with Crippen molar-refractivity contribution in [2.45, 2.75) is 37.8 Å². The van der Waals surface area contributed by atoms with Crippen molar-refractivity contribution in [1.29, 1.82) is 0 Å². The van der Waals surface area contributed by atoms with Gasteiger partial charge in [-0.25, -0.2) is 0 Å². The van der Waals surface area contributed by atoms with E-state index < -0.39 is 7.49 Å². The van der Waals surface area contributed by atoms with Gasteiger partial charge in [0, 0.05) is 0 Å². The summed E-state index contributed by atoms with van der Waals surface area (Å²) >= 11 is 0. The fourth-order valence-corrected chi connectivity index (χ4v) is 7.46. The van der Waals surface area contributed by atoms with Gasteiger partial charge < -0.3 is 0 Å². The summed E-state index contributed by atoms with van der Waals surface area (Å²) in [7, 11) is -2.60. The molecule has 2 heteroatoms. The van der Waals surface area contributed by atoms with Gasteiger partial charge in [-0.15, -0.1) is 0 Å². The van der Waals surface area contributed by atoms with Crippen LogP contribution in [0.1, 0.15) is 32.1 Å². The van der Waals surface area contributed by atoms with Gasteiger partial charge in [-0.2, -0.15) is 0 Å². The Morgan fingerprint density at radius 2 is 1.15 bits per heavy atom. The topological polar surface area (TPSA) is 20.2 Å². The molecule has 20 heavy (non-hydrogen) atoms. The molecule has 0 atom stereocenters. The minimum atomic E-state index is -2.60. The molecule has 3 rings (SSSR count). The molecular formula is C18H23OP. The summed E-state index contributed by atoms with van der Waals surface area (Å²) < 4.78 is 0. The molecule has 2 aromatic rings. The zero-order chi connectivity index (χ0) is 13.8. The van der Waals surface area contributed by atoms with Crippen molar-refractivity contribution in [3.63, 3.8) is 0 Å². The maximum atomic E-state index is 11.7. The molecule has 1 N–H and O–H groups in total. The Morgan fingerprint density at radius 1 is 0.700 bits per heavy atom. The van der Waals surface area contributed by atoms with Crippen LogP contribution >= 0.6 is 7.49 Å². The Kier molecular flexibility index (Phi) is 4.19. The van der Waals surface area contributed by atoms with Crippen molar-refractivity contribution in [3.8, 4) is 0 Å². The van der Waals surface area contributed by atoms with Crippen molar-refractivity contribution >= 4 is 18.1 Å². The van der Waals surface area contributed by atoms with Crippen LogP contribution in [-0.4, -0.2) is 10.6 Å². The van der Waals surface area contributed by atoms with Gasteiger partial charge in [-0.1, -0.05) is 0 Å². The molecule has 0 spiro atoms. The molecule has 0 bridgehead atoms. The van der Waals surface area contributed by atoms with E-state index in [4.69, 9.17) is 0 Å². The first-order chi connectivity index (χ1) is 9.82. The van der Waals surface area contributed by atoms with Gasteiger partial charge in [0.2, 0.25) is 0 Å². The Morgan fingerprint density at radius 3 is 1.60 bits per heavy atom. The average molecular weight is 286 g/mol. The van der Waals surface area contributed by atoms with Crippen LogP contribution in [0.15, 0.2) is 60.7 Å². The van der Waals surface area contributed by atoms with Crippen LogP contribution in [0.3, 0.4) is 0 Å². The van der Waals surface area contributed by atoms with Crippen LogP contribution in [0.25, 0.3) is 0 Å². The van der Waals surface area contributed by atoms with E-state index in [0.29, 0.717) is 5.66 Å². The summed E-state index contributed by atoms with van der Waals surface area (Å²) in [5.74, 6) is 0. The van der Waals surface area contributed by atoms with Gasteiger partial charge in [-0.05, 0) is 0 Å². The minimum absolute atomic E-state index is 0.459. The van der Waals surface area contributed by atoms with Gasteiger partial charge in [0.05, 0.1) is 0 Å². The molecule has 0 unspecified atom stereocenters. The predicted octanol–water partition coefficient (Wildman–Crippen LogP) is 3.63. The third kappa shape index (κ3) is 2.53. The molecule has 1 aliphatic rings. The van der Waals surface area contributed by atoms with Crippen LogP contribution in [0.2, 0.25) is 0 Å². The first kappa shape index (κ1) is 13.8. The fraction of sp³-hybridized carbons (Fsp3) is 0.333. The number of benzene rings is 2. The monoisotopic (exact) mass is 286 g/mol. The quantitative estimate of drug-likeness (QED) is 0.854. The SMILES string of the molecule is O[PH](c1ccccc1)(c1ccccc1)C1CCCCC1. The van der Waals surface area contributed by atoms with Gasteiger partial charge in [-0.3, -0.25) is 0 Å². The summed E-state index contributed by atoms with van der Waals surface area (Å²) in [6.07, 6.45) is 6.20. The summed E-state index contributed by atoms with van der Waals surface area (Å²) in [4.78, 5) is 11.7. The molecule has 1 aliphatic carbocycles. The van der Waals surface area contributed by atoms with Crippen molar-refractivity contribution < 1.29 is 4.89 Å². The number of hydrogen-bond donors (Lipinski definition) is 1. The van der Waals surface area contributed by atoms with E-state index in [-0.39, 0.29) is 0 Å². The normalized spacial score (nSPS) is 17.9. The van der Waals surface area contributed by atoms with Crippen LogP contribution in [0.5, 0.6) is 0 Å². The molecule has 2 aromatic carbocycles. The second-order valence-corrected chi connectivity index (χ2v) is 9.34. The molecule has 1 fully saturated rings. The molecule has 0 aromatic heterocycles. The summed E-state index contributed by atoms with van der Waals surface area (Å²) in [5.41, 5.74) is 0.459. The molecule has 0 saturated heterocycles. The molecule has 1 saturated carbocycles.